The predicted molar refractivity (Wildman–Crippen MR) is 84.4 cm³/mol. The molecule has 0 amide bonds. The minimum atomic E-state index is 0.572. The van der Waals surface area contributed by atoms with E-state index in [0.717, 1.165) is 16.6 Å². The van der Waals surface area contributed by atoms with Crippen molar-refractivity contribution in [1.29, 1.82) is 0 Å². The van der Waals surface area contributed by atoms with Gasteiger partial charge in [-0.1, -0.05) is 36.9 Å². The number of allylic oxidation sites excluding steroid dienone is 1. The number of rotatable bonds is 3. The smallest absolute Gasteiger partial charge is 0.0716 e. The molecular formula is C16H16N4. The summed E-state index contributed by atoms with van der Waals surface area (Å²) in [7, 11) is 0. The molecule has 0 spiro atoms. The zero-order valence-corrected chi connectivity index (χ0v) is 11.0. The molecule has 4 nitrogen and oxygen atoms in total. The lowest BCUT2D eigenvalue weighted by molar-refractivity contribution is 0.917. The van der Waals surface area contributed by atoms with E-state index in [-0.39, 0.29) is 0 Å². The van der Waals surface area contributed by atoms with Crippen molar-refractivity contribution < 1.29 is 0 Å². The number of H-pyrrole nitrogens is 1. The lowest BCUT2D eigenvalue weighted by Gasteiger charge is -2.07. The van der Waals surface area contributed by atoms with Gasteiger partial charge in [-0.3, -0.25) is 5.84 Å². The second-order valence-electron chi connectivity index (χ2n) is 4.61. The third-order valence-corrected chi connectivity index (χ3v) is 3.47. The van der Waals surface area contributed by atoms with Crippen molar-refractivity contribution in [2.24, 2.45) is 11.6 Å². The molecule has 1 heterocycles. The zero-order valence-electron chi connectivity index (χ0n) is 11.0. The molecule has 0 saturated heterocycles. The molecule has 0 aliphatic heterocycles. The summed E-state index contributed by atoms with van der Waals surface area (Å²) in [6, 6.07) is 14.3. The van der Waals surface area contributed by atoms with E-state index in [1.165, 1.54) is 10.8 Å². The number of hydrogen-bond donors (Lipinski definition) is 4. The van der Waals surface area contributed by atoms with Gasteiger partial charge in [-0.05, 0) is 18.2 Å². The second kappa shape index (κ2) is 4.75. The van der Waals surface area contributed by atoms with Crippen molar-refractivity contribution in [3.63, 3.8) is 0 Å². The van der Waals surface area contributed by atoms with Crippen LogP contribution in [0.1, 0.15) is 5.56 Å². The van der Waals surface area contributed by atoms with Crippen LogP contribution in [0.5, 0.6) is 0 Å². The van der Waals surface area contributed by atoms with Gasteiger partial charge in [0, 0.05) is 27.4 Å². The SMILES string of the molecule is C=C/C(NN)=C(/N)c1ccc2c(c1)[nH]c1ccccc12. The van der Waals surface area contributed by atoms with Crippen LogP contribution in [0.4, 0.5) is 0 Å². The van der Waals surface area contributed by atoms with Gasteiger partial charge in [0.2, 0.25) is 0 Å². The number of fused-ring (bicyclic) bond motifs is 3. The Morgan fingerprint density at radius 2 is 1.85 bits per heavy atom. The molecule has 1 aromatic heterocycles. The Hall–Kier alpha value is -2.72. The van der Waals surface area contributed by atoms with Gasteiger partial charge in [-0.25, -0.2) is 0 Å². The van der Waals surface area contributed by atoms with E-state index in [9.17, 15) is 0 Å². The number of para-hydroxylation sites is 1. The summed E-state index contributed by atoms with van der Waals surface area (Å²) in [5.74, 6) is 5.43. The molecule has 0 fully saturated rings. The minimum absolute atomic E-state index is 0.572. The maximum absolute atomic E-state index is 6.10. The monoisotopic (exact) mass is 264 g/mol. The standard InChI is InChI=1S/C16H16N4/c1-2-13(20-18)16(17)10-7-8-12-11-5-3-4-6-14(11)19-15(12)9-10/h2-9,19-20H,1,17-18H2/b16-13-. The van der Waals surface area contributed by atoms with E-state index in [0.29, 0.717) is 11.4 Å². The van der Waals surface area contributed by atoms with Crippen LogP contribution in [-0.4, -0.2) is 4.98 Å². The number of hydrogen-bond acceptors (Lipinski definition) is 3. The van der Waals surface area contributed by atoms with Gasteiger partial charge in [0.05, 0.1) is 11.4 Å². The summed E-state index contributed by atoms with van der Waals surface area (Å²) in [6.45, 7) is 3.69. The lowest BCUT2D eigenvalue weighted by atomic mass is 10.1. The maximum Gasteiger partial charge on any atom is 0.0716 e. The number of aromatic amines is 1. The third kappa shape index (κ3) is 1.83. The highest BCUT2D eigenvalue weighted by atomic mass is 15.2. The van der Waals surface area contributed by atoms with Gasteiger partial charge >= 0.3 is 0 Å². The molecule has 0 bridgehead atoms. The Kier molecular flexibility index (Phi) is 2.93. The normalized spacial score (nSPS) is 12.4. The van der Waals surface area contributed by atoms with Gasteiger partial charge in [-0.2, -0.15) is 0 Å². The van der Waals surface area contributed by atoms with Crippen molar-refractivity contribution in [1.82, 2.24) is 10.4 Å². The van der Waals surface area contributed by atoms with Crippen molar-refractivity contribution >= 4 is 27.5 Å². The van der Waals surface area contributed by atoms with Crippen LogP contribution in [0.25, 0.3) is 27.5 Å². The summed E-state index contributed by atoms with van der Waals surface area (Å²) < 4.78 is 0. The van der Waals surface area contributed by atoms with Crippen LogP contribution in [0.3, 0.4) is 0 Å². The average Bonchev–Trinajstić information content (AvgIpc) is 2.86. The van der Waals surface area contributed by atoms with Crippen LogP contribution in [-0.2, 0) is 0 Å². The molecule has 3 rings (SSSR count). The molecule has 20 heavy (non-hydrogen) atoms. The maximum atomic E-state index is 6.10. The van der Waals surface area contributed by atoms with Crippen molar-refractivity contribution in [2.45, 2.75) is 0 Å². The van der Waals surface area contributed by atoms with Crippen LogP contribution < -0.4 is 17.0 Å². The van der Waals surface area contributed by atoms with Crippen LogP contribution in [0.2, 0.25) is 0 Å². The Morgan fingerprint density at radius 1 is 1.10 bits per heavy atom. The first-order valence-electron chi connectivity index (χ1n) is 6.34. The molecule has 0 radical (unpaired) electrons. The Labute approximate surface area is 116 Å². The Bertz CT molecular complexity index is 827. The molecule has 4 heteroatoms. The predicted octanol–water partition coefficient (Wildman–Crippen LogP) is 2.60. The van der Waals surface area contributed by atoms with Crippen LogP contribution in [0, 0.1) is 0 Å². The molecule has 2 aromatic carbocycles. The van der Waals surface area contributed by atoms with Gasteiger partial charge in [0.1, 0.15) is 0 Å². The van der Waals surface area contributed by atoms with Gasteiger partial charge in [0.25, 0.3) is 0 Å². The number of hydrazine groups is 1. The minimum Gasteiger partial charge on any atom is -0.397 e. The highest BCUT2D eigenvalue weighted by Crippen LogP contribution is 2.27. The molecule has 0 aliphatic carbocycles. The number of aromatic nitrogens is 1. The topological polar surface area (TPSA) is 79.9 Å². The number of benzene rings is 2. The van der Waals surface area contributed by atoms with E-state index >= 15 is 0 Å². The molecule has 6 N–H and O–H groups in total. The van der Waals surface area contributed by atoms with Crippen molar-refractivity contribution in [2.75, 3.05) is 0 Å². The summed E-state index contributed by atoms with van der Waals surface area (Å²) in [4.78, 5) is 3.39. The Balaban J connectivity index is 2.23. The first kappa shape index (κ1) is 12.3. The van der Waals surface area contributed by atoms with Crippen molar-refractivity contribution in [3.8, 4) is 0 Å². The molecule has 0 unspecified atom stereocenters. The summed E-state index contributed by atoms with van der Waals surface area (Å²) in [5.41, 5.74) is 12.9. The molecule has 0 saturated carbocycles. The Morgan fingerprint density at radius 3 is 2.60 bits per heavy atom. The quantitative estimate of drug-likeness (QED) is 0.333. The molecule has 3 aromatic rings. The van der Waals surface area contributed by atoms with Crippen molar-refractivity contribution in [3.05, 3.63) is 66.4 Å². The van der Waals surface area contributed by atoms with Gasteiger partial charge in [0.15, 0.2) is 0 Å². The largest absolute Gasteiger partial charge is 0.397 e. The zero-order chi connectivity index (χ0) is 14.1. The average molecular weight is 264 g/mol. The van der Waals surface area contributed by atoms with Gasteiger partial charge in [-0.15, -0.1) is 0 Å². The fourth-order valence-corrected chi connectivity index (χ4v) is 2.42. The summed E-state index contributed by atoms with van der Waals surface area (Å²) in [6.07, 6.45) is 1.60. The number of nitrogens with two attached hydrogens (primary N) is 2. The van der Waals surface area contributed by atoms with Crippen LogP contribution in [0.15, 0.2) is 60.8 Å². The second-order valence-corrected chi connectivity index (χ2v) is 4.61. The van der Waals surface area contributed by atoms with E-state index < -0.39 is 0 Å². The number of nitrogens with one attached hydrogen (secondary N) is 2. The first-order valence-corrected chi connectivity index (χ1v) is 6.34. The van der Waals surface area contributed by atoms with Gasteiger partial charge < -0.3 is 16.1 Å². The van der Waals surface area contributed by atoms with E-state index in [1.807, 2.05) is 24.3 Å². The third-order valence-electron chi connectivity index (χ3n) is 3.47. The summed E-state index contributed by atoms with van der Waals surface area (Å²) in [5, 5.41) is 2.38. The molecule has 0 atom stereocenters. The fourth-order valence-electron chi connectivity index (χ4n) is 2.42. The van der Waals surface area contributed by atoms with E-state index in [2.05, 4.69) is 35.2 Å². The highest BCUT2D eigenvalue weighted by molar-refractivity contribution is 6.07. The highest BCUT2D eigenvalue weighted by Gasteiger charge is 2.07. The van der Waals surface area contributed by atoms with E-state index in [1.54, 1.807) is 6.08 Å². The summed E-state index contributed by atoms with van der Waals surface area (Å²) >= 11 is 0. The lowest BCUT2D eigenvalue weighted by Crippen LogP contribution is -2.23. The van der Waals surface area contributed by atoms with E-state index in [4.69, 9.17) is 11.6 Å². The first-order chi connectivity index (χ1) is 9.74. The molecular weight excluding hydrogens is 248 g/mol. The molecule has 0 aliphatic rings. The fraction of sp³-hybridized carbons (Fsp3) is 0. The molecule has 100 valence electrons. The van der Waals surface area contributed by atoms with Crippen LogP contribution >= 0.6 is 0 Å².